The van der Waals surface area contributed by atoms with Gasteiger partial charge in [-0.3, -0.25) is 4.90 Å². The van der Waals surface area contributed by atoms with Crippen LogP contribution in [0, 0.1) is 23.1 Å². The van der Waals surface area contributed by atoms with Crippen molar-refractivity contribution in [2.45, 2.75) is 38.6 Å². The fourth-order valence-electron chi connectivity index (χ4n) is 2.87. The smallest absolute Gasteiger partial charge is 0.126 e. The fourth-order valence-corrected chi connectivity index (χ4v) is 2.87. The predicted octanol–water partition coefficient (Wildman–Crippen LogP) is 3.38. The first-order valence-electron chi connectivity index (χ1n) is 6.95. The van der Waals surface area contributed by atoms with E-state index in [1.54, 1.807) is 12.1 Å². The van der Waals surface area contributed by atoms with Crippen LogP contribution in [0.25, 0.3) is 0 Å². The Morgan fingerprint density at radius 2 is 2.21 bits per heavy atom. The molecule has 1 aromatic rings. The summed E-state index contributed by atoms with van der Waals surface area (Å²) in [5, 5.41) is 9.56. The molecule has 0 radical (unpaired) electrons. The molecule has 0 spiro atoms. The Hall–Kier alpha value is -1.40. The number of rotatable bonds is 3. The highest BCUT2D eigenvalue weighted by Crippen LogP contribution is 2.27. The van der Waals surface area contributed by atoms with E-state index in [1.807, 2.05) is 13.0 Å². The number of halogens is 1. The van der Waals surface area contributed by atoms with E-state index in [2.05, 4.69) is 17.9 Å². The van der Waals surface area contributed by atoms with E-state index >= 15 is 0 Å². The van der Waals surface area contributed by atoms with Crippen LogP contribution in [0.1, 0.15) is 32.3 Å². The molecular formula is C16H21FN2. The number of nitrogens with zero attached hydrogens (tertiary/aromatic N) is 2. The zero-order valence-corrected chi connectivity index (χ0v) is 11.7. The Morgan fingerprint density at radius 1 is 1.47 bits per heavy atom. The third-order valence-corrected chi connectivity index (χ3v) is 4.09. The van der Waals surface area contributed by atoms with Gasteiger partial charge in [-0.2, -0.15) is 5.26 Å². The van der Waals surface area contributed by atoms with Gasteiger partial charge >= 0.3 is 0 Å². The first-order valence-corrected chi connectivity index (χ1v) is 6.95. The van der Waals surface area contributed by atoms with Crippen molar-refractivity contribution in [2.75, 3.05) is 13.1 Å². The maximum atomic E-state index is 13.8. The van der Waals surface area contributed by atoms with Crippen LogP contribution in [0.3, 0.4) is 0 Å². The number of hydrogen-bond donors (Lipinski definition) is 0. The molecule has 2 rings (SSSR count). The zero-order chi connectivity index (χ0) is 13.9. The summed E-state index contributed by atoms with van der Waals surface area (Å²) < 4.78 is 13.8. The Labute approximate surface area is 114 Å². The number of benzene rings is 1. The minimum absolute atomic E-state index is 0.214. The van der Waals surface area contributed by atoms with Gasteiger partial charge in [0, 0.05) is 13.0 Å². The van der Waals surface area contributed by atoms with Crippen molar-refractivity contribution in [3.63, 3.8) is 0 Å². The van der Waals surface area contributed by atoms with E-state index < -0.39 is 5.54 Å². The second kappa shape index (κ2) is 5.71. The van der Waals surface area contributed by atoms with Crippen molar-refractivity contribution in [3.8, 4) is 6.07 Å². The third kappa shape index (κ3) is 3.13. The van der Waals surface area contributed by atoms with Crippen LogP contribution in [-0.2, 0) is 6.42 Å². The van der Waals surface area contributed by atoms with Crippen molar-refractivity contribution in [3.05, 3.63) is 35.6 Å². The number of likely N-dealkylation sites (tertiary alicyclic amines) is 1. The van der Waals surface area contributed by atoms with E-state index in [0.29, 0.717) is 17.9 Å². The molecule has 0 saturated carbocycles. The lowest BCUT2D eigenvalue weighted by Gasteiger charge is -2.41. The van der Waals surface area contributed by atoms with Crippen molar-refractivity contribution in [1.29, 1.82) is 5.26 Å². The van der Waals surface area contributed by atoms with Gasteiger partial charge in [-0.25, -0.2) is 4.39 Å². The Kier molecular flexibility index (Phi) is 4.21. The van der Waals surface area contributed by atoms with Crippen LogP contribution in [0.2, 0.25) is 0 Å². The highest BCUT2D eigenvalue weighted by molar-refractivity contribution is 5.23. The highest BCUT2D eigenvalue weighted by atomic mass is 19.1. The second-order valence-corrected chi connectivity index (χ2v) is 5.85. The van der Waals surface area contributed by atoms with Gasteiger partial charge in [0.1, 0.15) is 11.4 Å². The SMILES string of the molecule is CC1CCCN(C(C)(C#N)Cc2ccccc2F)C1. The molecule has 2 atom stereocenters. The summed E-state index contributed by atoms with van der Waals surface area (Å²) in [5.74, 6) is 0.399. The van der Waals surface area contributed by atoms with Gasteiger partial charge in [-0.05, 0) is 43.9 Å². The first kappa shape index (κ1) is 14.0. The summed E-state index contributed by atoms with van der Waals surface area (Å²) in [6.07, 6.45) is 2.79. The lowest BCUT2D eigenvalue weighted by Crippen LogP contribution is -2.51. The Morgan fingerprint density at radius 3 is 2.84 bits per heavy atom. The maximum absolute atomic E-state index is 13.8. The van der Waals surface area contributed by atoms with Crippen LogP contribution in [0.5, 0.6) is 0 Å². The number of nitriles is 1. The van der Waals surface area contributed by atoms with E-state index in [1.165, 1.54) is 12.5 Å². The maximum Gasteiger partial charge on any atom is 0.126 e. The summed E-state index contributed by atoms with van der Waals surface area (Å²) >= 11 is 0. The van der Waals surface area contributed by atoms with Crippen LogP contribution in [0.4, 0.5) is 4.39 Å². The van der Waals surface area contributed by atoms with Crippen molar-refractivity contribution >= 4 is 0 Å². The largest absolute Gasteiger partial charge is 0.285 e. The monoisotopic (exact) mass is 260 g/mol. The van der Waals surface area contributed by atoms with Gasteiger partial charge < -0.3 is 0 Å². The van der Waals surface area contributed by atoms with E-state index in [9.17, 15) is 9.65 Å². The zero-order valence-electron chi connectivity index (χ0n) is 11.7. The predicted molar refractivity (Wildman–Crippen MR) is 74.1 cm³/mol. The Bertz CT molecular complexity index is 480. The van der Waals surface area contributed by atoms with Crippen molar-refractivity contribution in [1.82, 2.24) is 4.90 Å². The molecule has 0 aliphatic carbocycles. The molecule has 1 fully saturated rings. The number of hydrogen-bond acceptors (Lipinski definition) is 2. The molecule has 1 saturated heterocycles. The molecule has 0 bridgehead atoms. The van der Waals surface area contributed by atoms with Gasteiger partial charge in [0.2, 0.25) is 0 Å². The third-order valence-electron chi connectivity index (χ3n) is 4.09. The highest BCUT2D eigenvalue weighted by Gasteiger charge is 2.35. The van der Waals surface area contributed by atoms with Crippen molar-refractivity contribution in [2.24, 2.45) is 5.92 Å². The molecule has 1 aromatic carbocycles. The van der Waals surface area contributed by atoms with Gasteiger partial charge in [-0.15, -0.1) is 0 Å². The lowest BCUT2D eigenvalue weighted by molar-refractivity contribution is 0.0953. The van der Waals surface area contributed by atoms with Crippen LogP contribution >= 0.6 is 0 Å². The summed E-state index contributed by atoms with van der Waals surface area (Å²) in [7, 11) is 0. The van der Waals surface area contributed by atoms with Gasteiger partial charge in [0.25, 0.3) is 0 Å². The second-order valence-electron chi connectivity index (χ2n) is 5.85. The van der Waals surface area contributed by atoms with Gasteiger partial charge in [0.15, 0.2) is 0 Å². The molecule has 3 heteroatoms. The number of piperidine rings is 1. The standard InChI is InChI=1S/C16H21FN2/c1-13-6-5-9-19(11-13)16(2,12-18)10-14-7-3-4-8-15(14)17/h3-4,7-8,13H,5-6,9-11H2,1-2H3. The normalized spacial score (nSPS) is 23.6. The summed E-state index contributed by atoms with van der Waals surface area (Å²) in [5.41, 5.74) is 0.0152. The summed E-state index contributed by atoms with van der Waals surface area (Å²) in [6, 6.07) is 9.16. The molecule has 0 aromatic heterocycles. The first-order chi connectivity index (χ1) is 9.05. The molecule has 1 aliphatic heterocycles. The van der Waals surface area contributed by atoms with Crippen molar-refractivity contribution < 1.29 is 4.39 Å². The van der Waals surface area contributed by atoms with Crippen LogP contribution in [-0.4, -0.2) is 23.5 Å². The van der Waals surface area contributed by atoms with Crippen LogP contribution in [0.15, 0.2) is 24.3 Å². The van der Waals surface area contributed by atoms with E-state index in [-0.39, 0.29) is 5.82 Å². The molecule has 1 aliphatic rings. The van der Waals surface area contributed by atoms with Gasteiger partial charge in [0.05, 0.1) is 6.07 Å². The Balaban J connectivity index is 2.19. The lowest BCUT2D eigenvalue weighted by atomic mass is 9.88. The average molecular weight is 260 g/mol. The van der Waals surface area contributed by atoms with Gasteiger partial charge in [-0.1, -0.05) is 25.1 Å². The molecule has 1 heterocycles. The topological polar surface area (TPSA) is 27.0 Å². The minimum atomic E-state index is -0.614. The fraction of sp³-hybridized carbons (Fsp3) is 0.562. The average Bonchev–Trinajstić information content (AvgIpc) is 2.41. The molecular weight excluding hydrogens is 239 g/mol. The molecule has 2 nitrogen and oxygen atoms in total. The summed E-state index contributed by atoms with van der Waals surface area (Å²) in [4.78, 5) is 2.22. The minimum Gasteiger partial charge on any atom is -0.285 e. The molecule has 19 heavy (non-hydrogen) atoms. The molecule has 0 amide bonds. The molecule has 0 N–H and O–H groups in total. The quantitative estimate of drug-likeness (QED) is 0.833. The van der Waals surface area contributed by atoms with Crippen LogP contribution < -0.4 is 0 Å². The van der Waals surface area contributed by atoms with E-state index in [4.69, 9.17) is 0 Å². The molecule has 2 unspecified atom stereocenters. The summed E-state index contributed by atoms with van der Waals surface area (Å²) in [6.45, 7) is 6.01. The van der Waals surface area contributed by atoms with E-state index in [0.717, 1.165) is 19.5 Å². The molecule has 102 valence electrons.